The summed E-state index contributed by atoms with van der Waals surface area (Å²) >= 11 is 0. The Morgan fingerprint density at radius 1 is 1.10 bits per heavy atom. The predicted octanol–water partition coefficient (Wildman–Crippen LogP) is 0.910. The zero-order chi connectivity index (χ0) is 20.9. The van der Waals surface area contributed by atoms with Crippen molar-refractivity contribution in [1.29, 1.82) is 0 Å². The summed E-state index contributed by atoms with van der Waals surface area (Å²) in [4.78, 5) is 13.7. The van der Waals surface area contributed by atoms with Crippen molar-refractivity contribution < 1.29 is 24.1 Å². The van der Waals surface area contributed by atoms with Crippen LogP contribution in [-0.2, 0) is 11.3 Å². The highest BCUT2D eigenvalue weighted by atomic mass is 16.5. The number of hydrogen-bond donors (Lipinski definition) is 2. The van der Waals surface area contributed by atoms with E-state index in [0.717, 1.165) is 37.3 Å². The van der Waals surface area contributed by atoms with Gasteiger partial charge in [-0.15, -0.1) is 0 Å². The van der Waals surface area contributed by atoms with Gasteiger partial charge in [0, 0.05) is 28.6 Å². The summed E-state index contributed by atoms with van der Waals surface area (Å²) in [5.74, 6) is 0.681. The lowest BCUT2D eigenvalue weighted by Gasteiger charge is -2.34. The number of nitrogens with one attached hydrogen (secondary N) is 1. The van der Waals surface area contributed by atoms with E-state index in [1.807, 2.05) is 12.1 Å². The van der Waals surface area contributed by atoms with Crippen LogP contribution in [-0.4, -0.2) is 39.5 Å². The molecular weight excluding hydrogens is 380 g/mol. The van der Waals surface area contributed by atoms with Crippen LogP contribution in [0.4, 0.5) is 0 Å². The summed E-state index contributed by atoms with van der Waals surface area (Å²) < 4.78 is 16.2. The maximum Gasteiger partial charge on any atom is 0.336 e. The van der Waals surface area contributed by atoms with Crippen LogP contribution in [0.3, 0.4) is 0 Å². The maximum absolute atomic E-state index is 12.1. The van der Waals surface area contributed by atoms with Crippen molar-refractivity contribution in [3.05, 3.63) is 76.1 Å². The average molecular weight is 411 g/mol. The molecule has 30 heavy (non-hydrogen) atoms. The summed E-state index contributed by atoms with van der Waals surface area (Å²) in [6.07, 6.45) is 0. The number of benzene rings is 2. The minimum absolute atomic E-state index is 0.329. The lowest BCUT2D eigenvalue weighted by atomic mass is 9.97. The molecule has 2 heterocycles. The van der Waals surface area contributed by atoms with Crippen molar-refractivity contribution in [2.24, 2.45) is 0 Å². The van der Waals surface area contributed by atoms with Gasteiger partial charge in [0.15, 0.2) is 6.04 Å². The number of hydrogen-bond acceptors (Lipinski definition) is 4. The van der Waals surface area contributed by atoms with Crippen LogP contribution in [0.1, 0.15) is 24.1 Å². The van der Waals surface area contributed by atoms with Crippen LogP contribution in [0.5, 0.6) is 5.75 Å². The maximum atomic E-state index is 12.1. The molecule has 6 heteroatoms. The van der Waals surface area contributed by atoms with Crippen LogP contribution in [0.25, 0.3) is 11.0 Å². The van der Waals surface area contributed by atoms with E-state index in [-0.39, 0.29) is 5.63 Å². The van der Waals surface area contributed by atoms with Gasteiger partial charge < -0.3 is 24.1 Å². The van der Waals surface area contributed by atoms with Gasteiger partial charge in [0.1, 0.15) is 37.0 Å². The monoisotopic (exact) mass is 410 g/mol. The molecule has 0 unspecified atom stereocenters. The van der Waals surface area contributed by atoms with E-state index >= 15 is 0 Å². The van der Waals surface area contributed by atoms with Gasteiger partial charge in [0.2, 0.25) is 0 Å². The fourth-order valence-corrected chi connectivity index (χ4v) is 4.47. The summed E-state index contributed by atoms with van der Waals surface area (Å²) in [6.45, 7) is 6.61. The first-order chi connectivity index (χ1) is 14.7. The van der Waals surface area contributed by atoms with E-state index in [2.05, 4.69) is 42.6 Å². The molecule has 0 spiro atoms. The van der Waals surface area contributed by atoms with Crippen LogP contribution in [0, 0.1) is 0 Å². The molecule has 0 amide bonds. The Morgan fingerprint density at radius 2 is 1.87 bits per heavy atom. The number of methoxy groups -OCH3 is 1. The van der Waals surface area contributed by atoms with Gasteiger partial charge in [0.25, 0.3) is 0 Å². The molecule has 0 bridgehead atoms. The molecule has 0 saturated carbocycles. The van der Waals surface area contributed by atoms with Gasteiger partial charge >= 0.3 is 5.63 Å². The van der Waals surface area contributed by atoms with Crippen molar-refractivity contribution >= 4 is 11.0 Å². The molecule has 1 aromatic heterocycles. The Bertz CT molecular complexity index is 1030. The first-order valence-corrected chi connectivity index (χ1v) is 10.6. The molecule has 0 radical (unpaired) electrons. The van der Waals surface area contributed by atoms with Crippen molar-refractivity contribution in [2.45, 2.75) is 25.6 Å². The highest BCUT2D eigenvalue weighted by Gasteiger charge is 2.33. The van der Waals surface area contributed by atoms with Gasteiger partial charge in [-0.05, 0) is 19.1 Å². The Balaban J connectivity index is 1.57. The second kappa shape index (κ2) is 9.43. The third-order valence-corrected chi connectivity index (χ3v) is 6.01. The van der Waals surface area contributed by atoms with Crippen LogP contribution >= 0.6 is 0 Å². The van der Waals surface area contributed by atoms with Gasteiger partial charge in [-0.3, -0.25) is 0 Å². The Labute approximate surface area is 176 Å². The molecule has 1 fully saturated rings. The van der Waals surface area contributed by atoms with Gasteiger partial charge in [-0.25, -0.2) is 4.79 Å². The number of nitrogens with two attached hydrogens (primary N) is 1. The molecule has 0 aliphatic carbocycles. The van der Waals surface area contributed by atoms with E-state index in [9.17, 15) is 4.79 Å². The van der Waals surface area contributed by atoms with Crippen molar-refractivity contribution in [2.75, 3.05) is 33.4 Å². The zero-order valence-corrected chi connectivity index (χ0v) is 17.6. The smallest absolute Gasteiger partial charge is 0.336 e. The summed E-state index contributed by atoms with van der Waals surface area (Å²) in [7, 11) is 1.61. The van der Waals surface area contributed by atoms with E-state index in [1.54, 1.807) is 24.1 Å². The largest absolute Gasteiger partial charge is 0.497 e. The SMILES string of the molecule is COc1ccc2c(C[NH2+][C@H](C)[C@@H](c3ccccc3)[NH+]3CCOCC3)cc(=O)oc2c1. The van der Waals surface area contributed by atoms with Crippen molar-refractivity contribution in [3.63, 3.8) is 0 Å². The molecule has 1 saturated heterocycles. The molecular formula is C24H30N2O4+2. The topological polar surface area (TPSA) is 69.7 Å². The first-order valence-electron chi connectivity index (χ1n) is 10.6. The second-order valence-corrected chi connectivity index (χ2v) is 7.91. The Morgan fingerprint density at radius 3 is 2.60 bits per heavy atom. The van der Waals surface area contributed by atoms with Gasteiger partial charge in [0.05, 0.1) is 20.3 Å². The zero-order valence-electron chi connectivity index (χ0n) is 17.6. The third-order valence-electron chi connectivity index (χ3n) is 6.01. The molecule has 1 aliphatic heterocycles. The van der Waals surface area contributed by atoms with Crippen LogP contribution in [0.2, 0.25) is 0 Å². The molecule has 4 rings (SSSR count). The summed E-state index contributed by atoms with van der Waals surface area (Å²) in [5, 5.41) is 3.28. The van der Waals surface area contributed by atoms with Crippen LogP contribution < -0.4 is 20.6 Å². The fraction of sp³-hybridized carbons (Fsp3) is 0.375. The van der Waals surface area contributed by atoms with E-state index < -0.39 is 0 Å². The number of fused-ring (bicyclic) bond motifs is 1. The van der Waals surface area contributed by atoms with Crippen LogP contribution in [0.15, 0.2) is 63.8 Å². The lowest BCUT2D eigenvalue weighted by Crippen LogP contribution is -3.17. The molecule has 158 valence electrons. The molecule has 2 aromatic carbocycles. The highest BCUT2D eigenvalue weighted by Crippen LogP contribution is 2.22. The minimum Gasteiger partial charge on any atom is -0.497 e. The third kappa shape index (κ3) is 4.56. The molecule has 3 N–H and O–H groups in total. The van der Waals surface area contributed by atoms with Gasteiger partial charge in [-0.2, -0.15) is 0 Å². The van der Waals surface area contributed by atoms with E-state index in [0.29, 0.717) is 30.0 Å². The normalized spacial score (nSPS) is 17.0. The Hall–Kier alpha value is -2.67. The first kappa shape index (κ1) is 20.6. The number of rotatable bonds is 7. The number of ether oxygens (including phenoxy) is 2. The highest BCUT2D eigenvalue weighted by molar-refractivity contribution is 5.81. The summed E-state index contributed by atoms with van der Waals surface area (Å²) in [6, 6.07) is 18.7. The lowest BCUT2D eigenvalue weighted by molar-refractivity contribution is -0.959. The molecule has 6 nitrogen and oxygen atoms in total. The fourth-order valence-electron chi connectivity index (χ4n) is 4.47. The van der Waals surface area contributed by atoms with Crippen molar-refractivity contribution in [1.82, 2.24) is 0 Å². The number of morpholine rings is 1. The van der Waals surface area contributed by atoms with Crippen molar-refractivity contribution in [3.8, 4) is 5.75 Å². The summed E-state index contributed by atoms with van der Waals surface area (Å²) in [5.41, 5.74) is 2.57. The molecule has 1 aliphatic rings. The standard InChI is InChI=1S/C24H28N2O4/c1-17(24(18-6-4-3-5-7-18)26-10-12-29-13-11-26)25-16-19-14-23(27)30-22-15-20(28-2)8-9-21(19)22/h3-9,14-15,17,24-25H,10-13,16H2,1-2H3/p+2/t17-,24+/m1/s1. The van der Waals surface area contributed by atoms with E-state index in [4.69, 9.17) is 13.9 Å². The second-order valence-electron chi connectivity index (χ2n) is 7.91. The predicted molar refractivity (Wildman–Crippen MR) is 115 cm³/mol. The average Bonchev–Trinajstić information content (AvgIpc) is 2.78. The van der Waals surface area contributed by atoms with Gasteiger partial charge in [-0.1, -0.05) is 30.3 Å². The molecule has 3 aromatic rings. The van der Waals surface area contributed by atoms with E-state index in [1.165, 1.54) is 5.56 Å². The minimum atomic E-state index is -0.329. The number of quaternary nitrogens is 2. The Kier molecular flexibility index (Phi) is 6.47. The quantitative estimate of drug-likeness (QED) is 0.568. The molecule has 2 atom stereocenters.